The smallest absolute Gasteiger partial charge is 0.267 e. The molecule has 2 aromatic carbocycles. The van der Waals surface area contributed by atoms with Crippen molar-refractivity contribution in [2.45, 2.75) is 13.8 Å². The number of nitrogens with one attached hydrogen (secondary N) is 1. The van der Waals surface area contributed by atoms with E-state index in [1.165, 1.54) is 0 Å². The number of allylic oxidation sites excluding steroid dienone is 3. The monoisotopic (exact) mass is 338 g/mol. The maximum Gasteiger partial charge on any atom is 0.272 e. The second kappa shape index (κ2) is 8.85. The Bertz CT molecular complexity index is 793. The highest BCUT2D eigenvalue weighted by Crippen LogP contribution is 2.17. The number of nitrogens with zero attached hydrogens (tertiary/aromatic N) is 1. The van der Waals surface area contributed by atoms with Gasteiger partial charge in [-0.3, -0.25) is 4.79 Å². The van der Waals surface area contributed by atoms with Gasteiger partial charge in [0, 0.05) is 0 Å². The van der Waals surface area contributed by atoms with E-state index in [9.17, 15) is 4.79 Å². The molecule has 0 bridgehead atoms. The molecular formula is C20H19ClN2O. The number of halogens is 1. The van der Waals surface area contributed by atoms with Crippen LogP contribution in [-0.4, -0.2) is 11.6 Å². The first kappa shape index (κ1) is 17.7. The summed E-state index contributed by atoms with van der Waals surface area (Å²) in [6, 6.07) is 15.3. The van der Waals surface area contributed by atoms with Gasteiger partial charge >= 0.3 is 0 Å². The van der Waals surface area contributed by atoms with E-state index in [0.29, 0.717) is 16.3 Å². The molecule has 2 aromatic rings. The summed E-state index contributed by atoms with van der Waals surface area (Å²) < 4.78 is 0. The standard InChI is InChI=1S/C20H19ClN2O/c1-15-12-13-18(19(21)14-15)20(24)23-22-16(2)8-6-7-11-17-9-4-3-5-10-17/h3-14H,1-2H3,(H,23,24)/b8-6+,11-7+,22-16+. The van der Waals surface area contributed by atoms with Crippen LogP contribution in [0.1, 0.15) is 28.4 Å². The molecule has 0 fully saturated rings. The molecule has 0 aliphatic heterocycles. The zero-order chi connectivity index (χ0) is 17.4. The molecule has 4 heteroatoms. The second-order valence-corrected chi connectivity index (χ2v) is 5.71. The highest BCUT2D eigenvalue weighted by molar-refractivity contribution is 6.33. The minimum absolute atomic E-state index is 0.326. The number of aryl methyl sites for hydroxylation is 1. The predicted octanol–water partition coefficient (Wildman–Crippen LogP) is 5.02. The molecule has 0 aromatic heterocycles. The molecule has 24 heavy (non-hydrogen) atoms. The molecule has 2 rings (SSSR count). The van der Waals surface area contributed by atoms with Gasteiger partial charge in [0.25, 0.3) is 5.91 Å². The van der Waals surface area contributed by atoms with E-state index in [-0.39, 0.29) is 5.91 Å². The van der Waals surface area contributed by atoms with Crippen molar-refractivity contribution in [3.05, 3.63) is 88.5 Å². The summed E-state index contributed by atoms with van der Waals surface area (Å²) in [7, 11) is 0. The van der Waals surface area contributed by atoms with Gasteiger partial charge in [-0.2, -0.15) is 5.10 Å². The van der Waals surface area contributed by atoms with Gasteiger partial charge in [-0.1, -0.05) is 66.2 Å². The van der Waals surface area contributed by atoms with E-state index >= 15 is 0 Å². The van der Waals surface area contributed by atoms with Crippen molar-refractivity contribution >= 4 is 29.3 Å². The van der Waals surface area contributed by atoms with Crippen LogP contribution in [0.3, 0.4) is 0 Å². The molecule has 0 saturated heterocycles. The van der Waals surface area contributed by atoms with Crippen LogP contribution in [0, 0.1) is 6.92 Å². The molecule has 0 heterocycles. The lowest BCUT2D eigenvalue weighted by Crippen LogP contribution is -2.19. The fourth-order valence-electron chi connectivity index (χ4n) is 1.97. The lowest BCUT2D eigenvalue weighted by atomic mass is 10.1. The Hall–Kier alpha value is -2.65. The van der Waals surface area contributed by atoms with E-state index in [0.717, 1.165) is 11.1 Å². The highest BCUT2D eigenvalue weighted by Gasteiger charge is 2.09. The number of rotatable bonds is 5. The Morgan fingerprint density at radius 1 is 1.12 bits per heavy atom. The second-order valence-electron chi connectivity index (χ2n) is 5.31. The summed E-state index contributed by atoms with van der Waals surface area (Å²) in [5.41, 5.74) is 5.73. The van der Waals surface area contributed by atoms with Crippen molar-refractivity contribution in [2.75, 3.05) is 0 Å². The summed E-state index contributed by atoms with van der Waals surface area (Å²) >= 11 is 6.07. The molecule has 1 amide bonds. The molecule has 0 atom stereocenters. The van der Waals surface area contributed by atoms with Crippen LogP contribution in [0.25, 0.3) is 6.08 Å². The van der Waals surface area contributed by atoms with Crippen LogP contribution in [0.2, 0.25) is 5.02 Å². The first-order valence-corrected chi connectivity index (χ1v) is 7.94. The van der Waals surface area contributed by atoms with Gasteiger partial charge in [0.1, 0.15) is 0 Å². The molecule has 122 valence electrons. The van der Waals surface area contributed by atoms with Crippen LogP contribution in [-0.2, 0) is 0 Å². The van der Waals surface area contributed by atoms with Crippen LogP contribution < -0.4 is 5.43 Å². The molecule has 0 radical (unpaired) electrons. The molecule has 3 nitrogen and oxygen atoms in total. The van der Waals surface area contributed by atoms with Gasteiger partial charge in [0.15, 0.2) is 0 Å². The minimum atomic E-state index is -0.326. The SMILES string of the molecule is CC(/C=C/C=C/c1ccccc1)=N\NC(=O)c1ccc(C)cc1Cl. The summed E-state index contributed by atoms with van der Waals surface area (Å²) in [6.07, 6.45) is 7.61. The van der Waals surface area contributed by atoms with E-state index in [1.807, 2.05) is 74.5 Å². The third-order valence-electron chi connectivity index (χ3n) is 3.24. The molecule has 0 aliphatic rings. The Morgan fingerprint density at radius 3 is 2.58 bits per heavy atom. The maximum atomic E-state index is 12.1. The normalized spacial score (nSPS) is 12.0. The summed E-state index contributed by atoms with van der Waals surface area (Å²) in [5.74, 6) is -0.326. The van der Waals surface area contributed by atoms with E-state index in [2.05, 4.69) is 10.5 Å². The van der Waals surface area contributed by atoms with Crippen molar-refractivity contribution in [2.24, 2.45) is 5.10 Å². The van der Waals surface area contributed by atoms with Gasteiger partial charge in [-0.15, -0.1) is 0 Å². The van der Waals surface area contributed by atoms with E-state index in [1.54, 1.807) is 12.1 Å². The van der Waals surface area contributed by atoms with Gasteiger partial charge in [0.2, 0.25) is 0 Å². The molecule has 1 N–H and O–H groups in total. The topological polar surface area (TPSA) is 41.5 Å². The number of hydrazone groups is 1. The number of carbonyl (C=O) groups is 1. The third-order valence-corrected chi connectivity index (χ3v) is 3.55. The van der Waals surface area contributed by atoms with Crippen molar-refractivity contribution in [1.82, 2.24) is 5.43 Å². The van der Waals surface area contributed by atoms with Crippen LogP contribution in [0.4, 0.5) is 0 Å². The minimum Gasteiger partial charge on any atom is -0.267 e. The van der Waals surface area contributed by atoms with Gasteiger partial charge in [-0.05, 0) is 43.2 Å². The number of carbonyl (C=O) groups excluding carboxylic acids is 1. The Labute approximate surface area is 147 Å². The zero-order valence-corrected chi connectivity index (χ0v) is 14.4. The number of hydrogen-bond acceptors (Lipinski definition) is 2. The quantitative estimate of drug-likeness (QED) is 0.464. The lowest BCUT2D eigenvalue weighted by molar-refractivity contribution is 0.0955. The fourth-order valence-corrected chi connectivity index (χ4v) is 2.29. The fraction of sp³-hybridized carbons (Fsp3) is 0.100. The Balaban J connectivity index is 1.92. The Kier molecular flexibility index (Phi) is 6.52. The summed E-state index contributed by atoms with van der Waals surface area (Å²) in [6.45, 7) is 3.73. The molecular weight excluding hydrogens is 320 g/mol. The summed E-state index contributed by atoms with van der Waals surface area (Å²) in [5, 5.41) is 4.46. The first-order valence-electron chi connectivity index (χ1n) is 7.57. The van der Waals surface area contributed by atoms with Crippen molar-refractivity contribution < 1.29 is 4.79 Å². The van der Waals surface area contributed by atoms with Crippen molar-refractivity contribution in [3.63, 3.8) is 0 Å². The van der Waals surface area contributed by atoms with Crippen LogP contribution in [0.15, 0.2) is 71.9 Å². The van der Waals surface area contributed by atoms with Crippen molar-refractivity contribution in [3.8, 4) is 0 Å². The van der Waals surface area contributed by atoms with E-state index < -0.39 is 0 Å². The third kappa shape index (κ3) is 5.52. The molecule has 0 aliphatic carbocycles. The molecule has 0 spiro atoms. The van der Waals surface area contributed by atoms with Crippen LogP contribution in [0.5, 0.6) is 0 Å². The predicted molar refractivity (Wildman–Crippen MR) is 101 cm³/mol. The highest BCUT2D eigenvalue weighted by atomic mass is 35.5. The Morgan fingerprint density at radius 2 is 1.88 bits per heavy atom. The average molecular weight is 339 g/mol. The lowest BCUT2D eigenvalue weighted by Gasteiger charge is -2.04. The van der Waals surface area contributed by atoms with Crippen LogP contribution >= 0.6 is 11.6 Å². The molecule has 0 unspecified atom stereocenters. The maximum absolute atomic E-state index is 12.1. The van der Waals surface area contributed by atoms with Gasteiger partial charge < -0.3 is 0 Å². The van der Waals surface area contributed by atoms with E-state index in [4.69, 9.17) is 11.6 Å². The largest absolute Gasteiger partial charge is 0.272 e. The number of amides is 1. The molecule has 0 saturated carbocycles. The van der Waals surface area contributed by atoms with Gasteiger partial charge in [0.05, 0.1) is 16.3 Å². The first-order chi connectivity index (χ1) is 11.6. The summed E-state index contributed by atoms with van der Waals surface area (Å²) in [4.78, 5) is 12.1. The van der Waals surface area contributed by atoms with Gasteiger partial charge in [-0.25, -0.2) is 5.43 Å². The average Bonchev–Trinajstić information content (AvgIpc) is 2.57. The number of benzene rings is 2. The van der Waals surface area contributed by atoms with Crippen molar-refractivity contribution in [1.29, 1.82) is 0 Å². The number of hydrogen-bond donors (Lipinski definition) is 1. The zero-order valence-electron chi connectivity index (χ0n) is 13.7.